The second-order valence-corrected chi connectivity index (χ2v) is 3.22. The van der Waals surface area contributed by atoms with Crippen molar-refractivity contribution >= 4 is 11.6 Å². The highest BCUT2D eigenvalue weighted by Crippen LogP contribution is 2.36. The van der Waals surface area contributed by atoms with Crippen molar-refractivity contribution in [3.63, 3.8) is 0 Å². The van der Waals surface area contributed by atoms with E-state index in [1.165, 1.54) is 6.92 Å². The molecule has 90 valence electrons. The maximum Gasteiger partial charge on any atom is 0.574 e. The van der Waals surface area contributed by atoms with E-state index in [0.29, 0.717) is 0 Å². The van der Waals surface area contributed by atoms with Crippen molar-refractivity contribution in [3.8, 4) is 5.88 Å². The number of hydrogen-bond acceptors (Lipinski definition) is 2. The number of pyridine rings is 1. The zero-order valence-corrected chi connectivity index (χ0v) is 8.53. The van der Waals surface area contributed by atoms with Crippen LogP contribution >= 0.6 is 11.6 Å². The highest BCUT2D eigenvalue weighted by molar-refractivity contribution is 6.31. The summed E-state index contributed by atoms with van der Waals surface area (Å²) < 4.78 is 63.9. The number of alkyl halides is 5. The Bertz CT molecular complexity index is 393. The lowest BCUT2D eigenvalue weighted by atomic mass is 10.2. The van der Waals surface area contributed by atoms with E-state index in [-0.39, 0.29) is 5.69 Å². The van der Waals surface area contributed by atoms with E-state index in [4.69, 9.17) is 11.6 Å². The largest absolute Gasteiger partial charge is 0.574 e. The van der Waals surface area contributed by atoms with Crippen molar-refractivity contribution in [2.45, 2.75) is 19.7 Å². The van der Waals surface area contributed by atoms with Gasteiger partial charge in [0.15, 0.2) is 0 Å². The van der Waals surface area contributed by atoms with Crippen LogP contribution < -0.4 is 4.74 Å². The molecule has 0 saturated carbocycles. The number of nitrogens with zero attached hydrogens (tertiary/aromatic N) is 1. The average Bonchev–Trinajstić information content (AvgIpc) is 1.96. The van der Waals surface area contributed by atoms with E-state index < -0.39 is 29.3 Å². The van der Waals surface area contributed by atoms with Gasteiger partial charge in [-0.1, -0.05) is 11.6 Å². The monoisotopic (exact) mass is 261 g/mol. The number of hydrogen-bond donors (Lipinski definition) is 0. The topological polar surface area (TPSA) is 22.1 Å². The molecule has 0 aromatic carbocycles. The fraction of sp³-hybridized carbons (Fsp3) is 0.375. The zero-order chi connectivity index (χ0) is 12.5. The lowest BCUT2D eigenvalue weighted by Gasteiger charge is -2.13. The lowest BCUT2D eigenvalue weighted by molar-refractivity contribution is -0.276. The number of rotatable bonds is 2. The van der Waals surface area contributed by atoms with Crippen LogP contribution in [0.3, 0.4) is 0 Å². The molecule has 0 aliphatic rings. The first-order chi connectivity index (χ1) is 7.20. The molecule has 0 aliphatic heterocycles. The smallest absolute Gasteiger partial charge is 0.387 e. The molecule has 1 rings (SSSR count). The standard InChI is InChI=1S/C8H5ClF5NO/c1-3-2-4(9)5(6(10)11)7(15-3)16-8(12,13)14/h2,6H,1H3. The minimum atomic E-state index is -5.09. The van der Waals surface area contributed by atoms with E-state index in [0.717, 1.165) is 6.07 Å². The van der Waals surface area contributed by atoms with Crippen LogP contribution in [0.1, 0.15) is 17.7 Å². The second-order valence-electron chi connectivity index (χ2n) is 2.81. The van der Waals surface area contributed by atoms with Gasteiger partial charge < -0.3 is 4.74 Å². The summed E-state index contributed by atoms with van der Waals surface area (Å²) in [6.07, 6.45) is -8.29. The van der Waals surface area contributed by atoms with Gasteiger partial charge in [-0.15, -0.1) is 13.2 Å². The summed E-state index contributed by atoms with van der Waals surface area (Å²) in [6.45, 7) is 1.31. The normalized spacial score (nSPS) is 12.0. The second kappa shape index (κ2) is 4.40. The first kappa shape index (κ1) is 13.0. The van der Waals surface area contributed by atoms with Gasteiger partial charge in [0.1, 0.15) is 0 Å². The number of ether oxygens (including phenoxy) is 1. The predicted molar refractivity (Wildman–Crippen MR) is 45.6 cm³/mol. The molecule has 0 fully saturated rings. The molecule has 0 amide bonds. The van der Waals surface area contributed by atoms with Crippen molar-refractivity contribution < 1.29 is 26.7 Å². The van der Waals surface area contributed by atoms with Crippen molar-refractivity contribution in [2.75, 3.05) is 0 Å². The highest BCUT2D eigenvalue weighted by Gasteiger charge is 2.35. The van der Waals surface area contributed by atoms with Crippen LogP contribution in [-0.2, 0) is 0 Å². The molecular weight excluding hydrogens is 257 g/mol. The maximum atomic E-state index is 12.4. The Kier molecular flexibility index (Phi) is 3.57. The van der Waals surface area contributed by atoms with Gasteiger partial charge in [0.05, 0.1) is 10.6 Å². The molecule has 0 spiro atoms. The molecule has 1 aromatic rings. The van der Waals surface area contributed by atoms with Crippen LogP contribution in [0.15, 0.2) is 6.07 Å². The summed E-state index contributed by atoms with van der Waals surface area (Å²) in [5.41, 5.74) is -1.02. The molecule has 0 radical (unpaired) electrons. The van der Waals surface area contributed by atoms with Gasteiger partial charge >= 0.3 is 6.36 Å². The SMILES string of the molecule is Cc1cc(Cl)c(C(F)F)c(OC(F)(F)F)n1. The Hall–Kier alpha value is -1.11. The van der Waals surface area contributed by atoms with Gasteiger partial charge in [-0.05, 0) is 13.0 Å². The third-order valence-electron chi connectivity index (χ3n) is 1.53. The Morgan fingerprint density at radius 2 is 1.94 bits per heavy atom. The van der Waals surface area contributed by atoms with Gasteiger partial charge in [0, 0.05) is 5.69 Å². The van der Waals surface area contributed by atoms with E-state index >= 15 is 0 Å². The Morgan fingerprint density at radius 1 is 1.38 bits per heavy atom. The van der Waals surface area contributed by atoms with Crippen LogP contribution in [-0.4, -0.2) is 11.3 Å². The Labute approximate surface area is 92.0 Å². The van der Waals surface area contributed by atoms with Crippen LogP contribution in [0.2, 0.25) is 5.02 Å². The molecule has 0 aliphatic carbocycles. The van der Waals surface area contributed by atoms with Gasteiger partial charge in [-0.3, -0.25) is 0 Å². The van der Waals surface area contributed by atoms with Crippen LogP contribution in [0.25, 0.3) is 0 Å². The molecule has 1 heterocycles. The molecule has 0 saturated heterocycles. The average molecular weight is 262 g/mol. The van der Waals surface area contributed by atoms with Gasteiger partial charge in [-0.2, -0.15) is 0 Å². The first-order valence-electron chi connectivity index (χ1n) is 3.91. The molecular formula is C8H5ClF5NO. The summed E-state index contributed by atoms with van der Waals surface area (Å²) in [4.78, 5) is 3.23. The predicted octanol–water partition coefficient (Wildman–Crippen LogP) is 3.88. The van der Waals surface area contributed by atoms with Gasteiger partial charge in [0.25, 0.3) is 6.43 Å². The summed E-state index contributed by atoms with van der Waals surface area (Å²) in [7, 11) is 0. The van der Waals surface area contributed by atoms with Gasteiger partial charge in [0.2, 0.25) is 5.88 Å². The zero-order valence-electron chi connectivity index (χ0n) is 7.78. The van der Waals surface area contributed by atoms with Crippen LogP contribution in [0.4, 0.5) is 22.0 Å². The van der Waals surface area contributed by atoms with E-state index in [1.54, 1.807) is 0 Å². The van der Waals surface area contributed by atoms with Gasteiger partial charge in [-0.25, -0.2) is 13.8 Å². The summed E-state index contributed by atoms with van der Waals surface area (Å²) in [5, 5.41) is -0.512. The number of aryl methyl sites for hydroxylation is 1. The van der Waals surface area contributed by atoms with E-state index in [1.807, 2.05) is 0 Å². The summed E-state index contributed by atoms with van der Waals surface area (Å²) >= 11 is 5.39. The number of aromatic nitrogens is 1. The first-order valence-corrected chi connectivity index (χ1v) is 4.29. The summed E-state index contributed by atoms with van der Waals surface area (Å²) in [6, 6.07) is 1.03. The van der Waals surface area contributed by atoms with Crippen LogP contribution in [0, 0.1) is 6.92 Å². The number of halogens is 6. The molecule has 0 N–H and O–H groups in total. The molecule has 1 aromatic heterocycles. The van der Waals surface area contributed by atoms with Crippen molar-refractivity contribution in [1.29, 1.82) is 0 Å². The molecule has 0 atom stereocenters. The van der Waals surface area contributed by atoms with Crippen LogP contribution in [0.5, 0.6) is 5.88 Å². The molecule has 0 unspecified atom stereocenters. The third-order valence-corrected chi connectivity index (χ3v) is 1.84. The highest BCUT2D eigenvalue weighted by atomic mass is 35.5. The van der Waals surface area contributed by atoms with E-state index in [2.05, 4.69) is 9.72 Å². The lowest BCUT2D eigenvalue weighted by Crippen LogP contribution is -2.19. The van der Waals surface area contributed by atoms with Crippen molar-refractivity contribution in [3.05, 3.63) is 22.3 Å². The summed E-state index contributed by atoms with van der Waals surface area (Å²) in [5.74, 6) is -1.22. The quantitative estimate of drug-likeness (QED) is 0.754. The molecule has 16 heavy (non-hydrogen) atoms. The minimum absolute atomic E-state index is 0.0497. The fourth-order valence-corrected chi connectivity index (χ4v) is 1.32. The Morgan fingerprint density at radius 3 is 2.38 bits per heavy atom. The Balaban J connectivity index is 3.24. The molecule has 2 nitrogen and oxygen atoms in total. The van der Waals surface area contributed by atoms with Crippen molar-refractivity contribution in [2.24, 2.45) is 0 Å². The fourth-order valence-electron chi connectivity index (χ4n) is 1.00. The van der Waals surface area contributed by atoms with Crippen molar-refractivity contribution in [1.82, 2.24) is 4.98 Å². The van der Waals surface area contributed by atoms with E-state index in [9.17, 15) is 22.0 Å². The molecule has 8 heteroatoms. The third kappa shape index (κ3) is 3.19. The maximum absolute atomic E-state index is 12.4. The minimum Gasteiger partial charge on any atom is -0.387 e. The molecule has 0 bridgehead atoms.